The molecule has 10 aliphatic rings. The molecule has 8 unspecified atom stereocenters. The van der Waals surface area contributed by atoms with Gasteiger partial charge >= 0.3 is 0 Å². The molecule has 0 bridgehead atoms. The first kappa shape index (κ1) is 38.8. The summed E-state index contributed by atoms with van der Waals surface area (Å²) in [6.45, 7) is 11.2. The van der Waals surface area contributed by atoms with Crippen LogP contribution >= 0.6 is 0 Å². The predicted molar refractivity (Wildman–Crippen MR) is 267 cm³/mol. The van der Waals surface area contributed by atoms with E-state index < -0.39 is 0 Å². The lowest BCUT2D eigenvalue weighted by Gasteiger charge is -2.68. The zero-order valence-electron chi connectivity index (χ0n) is 38.4. The number of benzene rings is 4. The van der Waals surface area contributed by atoms with E-state index in [1.54, 1.807) is 11.1 Å². The summed E-state index contributed by atoms with van der Waals surface area (Å²) < 4.78 is 13.3. The average molecular weight is 850 g/mol. The highest BCUT2D eigenvalue weighted by Crippen LogP contribution is 2.75. The summed E-state index contributed by atoms with van der Waals surface area (Å²) in [4.78, 5) is 2.43. The van der Waals surface area contributed by atoms with Crippen molar-refractivity contribution >= 4 is 23.7 Å². The van der Waals surface area contributed by atoms with Gasteiger partial charge in [-0.25, -0.2) is 0 Å². The van der Waals surface area contributed by atoms with Crippen molar-refractivity contribution in [2.45, 2.75) is 108 Å². The number of para-hydroxylation sites is 2. The van der Waals surface area contributed by atoms with E-state index in [4.69, 9.17) is 9.47 Å². The van der Waals surface area contributed by atoms with Crippen LogP contribution in [0.4, 0.5) is 11.4 Å². The lowest BCUT2D eigenvalue weighted by molar-refractivity contribution is 0.139. The van der Waals surface area contributed by atoms with E-state index in [9.17, 15) is 0 Å². The zero-order valence-corrected chi connectivity index (χ0v) is 38.4. The normalized spacial score (nSPS) is 33.1. The van der Waals surface area contributed by atoms with Crippen molar-refractivity contribution in [3.05, 3.63) is 179 Å². The molecule has 4 aromatic carbocycles. The largest absolute Gasteiger partial charge is 0.457 e. The third-order valence-corrected chi connectivity index (χ3v) is 19.0. The molecule has 0 radical (unpaired) electrons. The predicted octanol–water partition coefficient (Wildman–Crippen LogP) is 16.0. The van der Waals surface area contributed by atoms with E-state index in [2.05, 4.69) is 178 Å². The number of ether oxygens (including phenoxy) is 2. The monoisotopic (exact) mass is 849 g/mol. The fraction of sp³-hybridized carbons (Fsp3) is 0.377. The van der Waals surface area contributed by atoms with Crippen LogP contribution in [-0.4, -0.2) is 12.8 Å². The molecule has 3 nitrogen and oxygen atoms in total. The molecule has 0 amide bonds. The summed E-state index contributed by atoms with van der Waals surface area (Å²) in [5.74, 6) is 9.40. The smallest absolute Gasteiger partial charge is 0.161 e. The maximum Gasteiger partial charge on any atom is 0.161 e. The van der Waals surface area contributed by atoms with Crippen molar-refractivity contribution in [3.63, 3.8) is 0 Å². The van der Waals surface area contributed by atoms with Crippen molar-refractivity contribution in [1.82, 2.24) is 0 Å². The van der Waals surface area contributed by atoms with Crippen LogP contribution in [0.25, 0.3) is 16.7 Å². The van der Waals surface area contributed by atoms with Crippen molar-refractivity contribution in [2.75, 3.05) is 4.90 Å². The summed E-state index contributed by atoms with van der Waals surface area (Å²) in [6.07, 6.45) is 33.2. The minimum atomic E-state index is 0.125. The molecular weight excluding hydrogens is 789 g/mol. The number of anilines is 2. The van der Waals surface area contributed by atoms with Gasteiger partial charge in [0, 0.05) is 0 Å². The minimum Gasteiger partial charge on any atom is -0.457 e. The minimum absolute atomic E-state index is 0.125. The third-order valence-electron chi connectivity index (χ3n) is 19.0. The van der Waals surface area contributed by atoms with Gasteiger partial charge in [-0.2, -0.15) is 0 Å². The lowest BCUT2D eigenvalue weighted by Crippen LogP contribution is -2.62. The van der Waals surface area contributed by atoms with E-state index in [-0.39, 0.29) is 16.9 Å². The number of fused-ring (bicyclic) bond motifs is 4. The van der Waals surface area contributed by atoms with E-state index in [1.807, 2.05) is 0 Å². The molecular formula is C61H60BNO2. The number of allylic oxidation sites excluding steroid dienone is 12. The van der Waals surface area contributed by atoms with E-state index in [1.165, 1.54) is 66.4 Å². The Hall–Kier alpha value is -5.48. The van der Waals surface area contributed by atoms with E-state index in [0.29, 0.717) is 35.3 Å². The standard InChI is InChI=1S/C61H60BNO2/c1-60(2)46-17-11-13-40-31-41-14-12-18-47-57(41)62(56(40)46)58-48(60)32-42(33-49(58)61(47,3)4)36-23-27-38(28-24-36)44-15-5-6-16-45(44)39-29-25-37(26-30-39)43-34-54-59-55(35-43)65-53-22-10-8-20-51(53)63(59)50-19-7-9-21-52(50)64-54/h7-14,17,19,21-30,32-35,40-41,44-45,47-48,51,56-58H,5-6,15-16,18,20,31H2,1-4H3/t40?,41?,44-,45+,47?,48?,51?,56?,57?,58?/m1/s1. The fourth-order valence-corrected chi connectivity index (χ4v) is 16.1. The molecule has 5 aliphatic carbocycles. The van der Waals surface area contributed by atoms with Crippen LogP contribution in [0.3, 0.4) is 0 Å². The summed E-state index contributed by atoms with van der Waals surface area (Å²) in [7, 11) is 0. The van der Waals surface area contributed by atoms with Gasteiger partial charge in [0.25, 0.3) is 0 Å². The molecule has 4 fully saturated rings. The Morgan fingerprint density at radius 3 is 2.17 bits per heavy atom. The summed E-state index contributed by atoms with van der Waals surface area (Å²) >= 11 is 0. The second-order valence-electron chi connectivity index (χ2n) is 22.6. The topological polar surface area (TPSA) is 21.7 Å². The number of rotatable bonds is 4. The molecule has 5 heterocycles. The van der Waals surface area contributed by atoms with Crippen LogP contribution in [-0.2, 0) is 0 Å². The van der Waals surface area contributed by atoms with Crippen molar-refractivity contribution in [3.8, 4) is 28.4 Å². The SMILES string of the molecule is CC1(C)C2=CC=CC3CC4C=CCC5C4B(C23)C2C(=CC(c3ccc([C@H]4CCCC[C@H]4c4ccc(-c6cc7c8c(c6)Oc6ccccc6N8C6CC=CC=C6O7)cc4)cc3)=CC21)C5(C)C. The Labute approximate surface area is 386 Å². The zero-order chi connectivity index (χ0) is 43.3. The molecule has 324 valence electrons. The van der Waals surface area contributed by atoms with Gasteiger partial charge in [0.15, 0.2) is 24.0 Å². The van der Waals surface area contributed by atoms with Gasteiger partial charge < -0.3 is 14.4 Å². The fourth-order valence-electron chi connectivity index (χ4n) is 16.1. The maximum atomic E-state index is 6.67. The number of hydrogen-bond acceptors (Lipinski definition) is 3. The van der Waals surface area contributed by atoms with Gasteiger partial charge in [-0.1, -0.05) is 173 Å². The first-order chi connectivity index (χ1) is 31.7. The highest BCUT2D eigenvalue weighted by molar-refractivity contribution is 6.67. The first-order valence-electron chi connectivity index (χ1n) is 25.2. The van der Waals surface area contributed by atoms with E-state index >= 15 is 0 Å². The number of nitrogens with zero attached hydrogens (tertiary/aromatic N) is 1. The van der Waals surface area contributed by atoms with Gasteiger partial charge in [-0.3, -0.25) is 0 Å². The quantitative estimate of drug-likeness (QED) is 0.151. The van der Waals surface area contributed by atoms with Crippen LogP contribution in [0.5, 0.6) is 17.2 Å². The average Bonchev–Trinajstić information content (AvgIpc) is 3.34. The molecule has 0 spiro atoms. The summed E-state index contributed by atoms with van der Waals surface area (Å²) in [6, 6.07) is 32.4. The van der Waals surface area contributed by atoms with Crippen molar-refractivity contribution in [1.29, 1.82) is 0 Å². The molecule has 1 saturated carbocycles. The second-order valence-corrected chi connectivity index (χ2v) is 22.6. The van der Waals surface area contributed by atoms with Crippen LogP contribution in [0.1, 0.15) is 101 Å². The number of hydrogen-bond donors (Lipinski definition) is 0. The van der Waals surface area contributed by atoms with Gasteiger partial charge in [-0.15, -0.1) is 0 Å². The van der Waals surface area contributed by atoms with Crippen LogP contribution in [0.15, 0.2) is 163 Å². The highest BCUT2D eigenvalue weighted by Gasteiger charge is 2.67. The molecule has 3 saturated heterocycles. The summed E-state index contributed by atoms with van der Waals surface area (Å²) in [5, 5.41) is 0. The van der Waals surface area contributed by atoms with Gasteiger partial charge in [0.2, 0.25) is 0 Å². The second kappa shape index (κ2) is 14.0. The van der Waals surface area contributed by atoms with Gasteiger partial charge in [-0.05, 0) is 154 Å². The molecule has 4 aromatic rings. The first-order valence-corrected chi connectivity index (χ1v) is 25.2. The molecule has 0 aromatic heterocycles. The Morgan fingerprint density at radius 1 is 0.646 bits per heavy atom. The molecule has 10 atom stereocenters. The maximum absolute atomic E-state index is 6.67. The summed E-state index contributed by atoms with van der Waals surface area (Å²) in [5.41, 5.74) is 14.1. The molecule has 65 heavy (non-hydrogen) atoms. The molecule has 4 heteroatoms. The Bertz CT molecular complexity index is 2880. The Morgan fingerprint density at radius 2 is 1.38 bits per heavy atom. The molecule has 5 aliphatic heterocycles. The third kappa shape index (κ3) is 5.55. The molecule has 0 N–H and O–H groups in total. The van der Waals surface area contributed by atoms with Crippen molar-refractivity contribution < 1.29 is 9.47 Å². The Balaban J connectivity index is 0.767. The Kier molecular flexibility index (Phi) is 8.36. The lowest BCUT2D eigenvalue weighted by atomic mass is 9.10. The van der Waals surface area contributed by atoms with Crippen LogP contribution in [0.2, 0.25) is 17.5 Å². The molecule has 14 rings (SSSR count). The van der Waals surface area contributed by atoms with Gasteiger partial charge in [0.05, 0.1) is 11.7 Å². The van der Waals surface area contributed by atoms with Gasteiger partial charge in [0.1, 0.15) is 11.4 Å². The van der Waals surface area contributed by atoms with Crippen LogP contribution in [0, 0.1) is 34.5 Å². The van der Waals surface area contributed by atoms with E-state index in [0.717, 1.165) is 70.7 Å². The highest BCUT2D eigenvalue weighted by atomic mass is 16.5. The van der Waals surface area contributed by atoms with Crippen molar-refractivity contribution in [2.24, 2.45) is 34.5 Å². The van der Waals surface area contributed by atoms with Crippen LogP contribution < -0.4 is 14.4 Å².